The summed E-state index contributed by atoms with van der Waals surface area (Å²) in [4.78, 5) is 0. The Hall–Kier alpha value is -0.490. The Kier molecular flexibility index (Phi) is 3.80. The van der Waals surface area contributed by atoms with Crippen LogP contribution < -0.4 is 0 Å². The third-order valence-electron chi connectivity index (χ3n) is 2.42. The van der Waals surface area contributed by atoms with E-state index in [1.54, 1.807) is 0 Å². The minimum absolute atomic E-state index is 0.573. The molecule has 0 fully saturated rings. The van der Waals surface area contributed by atoms with Gasteiger partial charge in [0.2, 0.25) is 0 Å². The van der Waals surface area contributed by atoms with E-state index < -0.39 is 0 Å². The lowest BCUT2D eigenvalue weighted by Gasteiger charge is -2.09. The largest absolute Gasteiger partial charge is 0.126 e. The first-order valence-corrected chi connectivity index (χ1v) is 5.29. The van der Waals surface area contributed by atoms with Crippen LogP contribution in [0.5, 0.6) is 0 Å². The molecule has 0 bridgehead atoms. The second kappa shape index (κ2) is 4.66. The topological polar surface area (TPSA) is 0 Å². The Morgan fingerprint density at radius 1 is 1.23 bits per heavy atom. The minimum atomic E-state index is 0.573. The van der Waals surface area contributed by atoms with Gasteiger partial charge in [-0.05, 0) is 42.9 Å². The van der Waals surface area contributed by atoms with Gasteiger partial charge in [0.1, 0.15) is 0 Å². The Labute approximate surface area is 85.9 Å². The van der Waals surface area contributed by atoms with Crippen molar-refractivity contribution in [1.82, 2.24) is 0 Å². The van der Waals surface area contributed by atoms with E-state index in [1.165, 1.54) is 16.7 Å². The average molecular weight is 197 g/mol. The molecule has 72 valence electrons. The lowest BCUT2D eigenvalue weighted by Crippen LogP contribution is -2.01. The van der Waals surface area contributed by atoms with Crippen molar-refractivity contribution in [2.24, 2.45) is 5.92 Å². The minimum Gasteiger partial charge on any atom is -0.126 e. The molecule has 1 aromatic rings. The second-order valence-corrected chi connectivity index (χ2v) is 4.19. The summed E-state index contributed by atoms with van der Waals surface area (Å²) >= 11 is 5.77. The van der Waals surface area contributed by atoms with Crippen molar-refractivity contribution >= 4 is 11.6 Å². The van der Waals surface area contributed by atoms with Crippen LogP contribution in [0.25, 0.3) is 0 Å². The molecule has 13 heavy (non-hydrogen) atoms. The van der Waals surface area contributed by atoms with Crippen molar-refractivity contribution in [1.29, 1.82) is 0 Å². The summed E-state index contributed by atoms with van der Waals surface area (Å²) in [5, 5.41) is 0. The van der Waals surface area contributed by atoms with Crippen LogP contribution in [0.2, 0.25) is 0 Å². The molecule has 0 nitrogen and oxygen atoms in total. The van der Waals surface area contributed by atoms with Crippen LogP contribution in [-0.4, -0.2) is 5.88 Å². The number of alkyl halides is 1. The van der Waals surface area contributed by atoms with Gasteiger partial charge in [0, 0.05) is 5.88 Å². The zero-order chi connectivity index (χ0) is 9.84. The highest BCUT2D eigenvalue weighted by Gasteiger charge is 2.02. The van der Waals surface area contributed by atoms with E-state index in [9.17, 15) is 0 Å². The molecule has 0 saturated heterocycles. The van der Waals surface area contributed by atoms with E-state index >= 15 is 0 Å². The summed E-state index contributed by atoms with van der Waals surface area (Å²) in [5.41, 5.74) is 4.14. The second-order valence-electron chi connectivity index (χ2n) is 3.88. The van der Waals surface area contributed by atoms with Gasteiger partial charge in [0.25, 0.3) is 0 Å². The maximum absolute atomic E-state index is 5.77. The molecule has 0 amide bonds. The highest BCUT2D eigenvalue weighted by molar-refractivity contribution is 6.18. The van der Waals surface area contributed by atoms with Gasteiger partial charge in [0.05, 0.1) is 0 Å². The number of hydrogen-bond acceptors (Lipinski definition) is 0. The maximum Gasteiger partial charge on any atom is 0.0252 e. The van der Waals surface area contributed by atoms with Gasteiger partial charge >= 0.3 is 0 Å². The zero-order valence-corrected chi connectivity index (χ0v) is 9.36. The standard InChI is InChI=1S/C12H17Cl/c1-9(8-13)6-12-5-4-10(2)11(3)7-12/h4-5,7,9H,6,8H2,1-3H3. The molecular weight excluding hydrogens is 180 g/mol. The lowest BCUT2D eigenvalue weighted by molar-refractivity contribution is 0.654. The molecule has 0 radical (unpaired) electrons. The fourth-order valence-corrected chi connectivity index (χ4v) is 1.50. The predicted molar refractivity (Wildman–Crippen MR) is 59.5 cm³/mol. The van der Waals surface area contributed by atoms with Crippen LogP contribution in [0.4, 0.5) is 0 Å². The quantitative estimate of drug-likeness (QED) is 0.647. The zero-order valence-electron chi connectivity index (χ0n) is 8.60. The first-order chi connectivity index (χ1) is 6.13. The van der Waals surface area contributed by atoms with E-state index in [2.05, 4.69) is 39.0 Å². The third-order valence-corrected chi connectivity index (χ3v) is 2.95. The molecular formula is C12H17Cl. The van der Waals surface area contributed by atoms with Crippen molar-refractivity contribution in [2.45, 2.75) is 27.2 Å². The van der Waals surface area contributed by atoms with Gasteiger partial charge in [-0.15, -0.1) is 11.6 Å². The lowest BCUT2D eigenvalue weighted by atomic mass is 9.99. The van der Waals surface area contributed by atoms with E-state index in [0.29, 0.717) is 5.92 Å². The maximum atomic E-state index is 5.77. The molecule has 1 atom stereocenters. The summed E-state index contributed by atoms with van der Waals surface area (Å²) in [5.74, 6) is 1.32. The van der Waals surface area contributed by atoms with Gasteiger partial charge < -0.3 is 0 Å². The van der Waals surface area contributed by atoms with Gasteiger partial charge in [-0.2, -0.15) is 0 Å². The van der Waals surface area contributed by atoms with Crippen molar-refractivity contribution in [3.05, 3.63) is 34.9 Å². The number of hydrogen-bond donors (Lipinski definition) is 0. The molecule has 1 unspecified atom stereocenters. The van der Waals surface area contributed by atoms with Crippen molar-refractivity contribution < 1.29 is 0 Å². The molecule has 0 N–H and O–H groups in total. The average Bonchev–Trinajstić information content (AvgIpc) is 2.11. The fourth-order valence-electron chi connectivity index (χ4n) is 1.39. The van der Waals surface area contributed by atoms with Gasteiger partial charge in [-0.3, -0.25) is 0 Å². The number of benzene rings is 1. The SMILES string of the molecule is Cc1ccc(CC(C)CCl)cc1C. The highest BCUT2D eigenvalue weighted by atomic mass is 35.5. The fraction of sp³-hybridized carbons (Fsp3) is 0.500. The number of rotatable bonds is 3. The first-order valence-electron chi connectivity index (χ1n) is 4.75. The summed E-state index contributed by atoms with van der Waals surface area (Å²) < 4.78 is 0. The van der Waals surface area contributed by atoms with E-state index in [-0.39, 0.29) is 0 Å². The Morgan fingerprint density at radius 2 is 1.92 bits per heavy atom. The van der Waals surface area contributed by atoms with Crippen molar-refractivity contribution in [3.63, 3.8) is 0 Å². The van der Waals surface area contributed by atoms with Crippen molar-refractivity contribution in [2.75, 3.05) is 5.88 Å². The molecule has 0 aliphatic carbocycles. The monoisotopic (exact) mass is 196 g/mol. The normalized spacial score (nSPS) is 12.9. The van der Waals surface area contributed by atoms with Gasteiger partial charge in [0.15, 0.2) is 0 Å². The van der Waals surface area contributed by atoms with Crippen LogP contribution >= 0.6 is 11.6 Å². The molecule has 0 heterocycles. The van der Waals surface area contributed by atoms with Crippen LogP contribution in [0, 0.1) is 19.8 Å². The summed E-state index contributed by atoms with van der Waals surface area (Å²) in [7, 11) is 0. The molecule has 1 heteroatoms. The van der Waals surface area contributed by atoms with E-state index in [4.69, 9.17) is 11.6 Å². The van der Waals surface area contributed by atoms with Gasteiger partial charge in [-0.25, -0.2) is 0 Å². The van der Waals surface area contributed by atoms with E-state index in [1.807, 2.05) is 0 Å². The van der Waals surface area contributed by atoms with E-state index in [0.717, 1.165) is 12.3 Å². The predicted octanol–water partition coefficient (Wildman–Crippen LogP) is 3.72. The molecule has 0 aromatic heterocycles. The first kappa shape index (κ1) is 10.6. The van der Waals surface area contributed by atoms with Crippen LogP contribution in [0.15, 0.2) is 18.2 Å². The van der Waals surface area contributed by atoms with Crippen LogP contribution in [0.3, 0.4) is 0 Å². The van der Waals surface area contributed by atoms with Gasteiger partial charge in [-0.1, -0.05) is 25.1 Å². The summed E-state index contributed by atoms with van der Waals surface area (Å²) in [6, 6.07) is 6.65. The smallest absolute Gasteiger partial charge is 0.0252 e. The Bertz CT molecular complexity index is 278. The molecule has 0 aliphatic heterocycles. The van der Waals surface area contributed by atoms with Crippen LogP contribution in [-0.2, 0) is 6.42 Å². The van der Waals surface area contributed by atoms with Crippen LogP contribution in [0.1, 0.15) is 23.6 Å². The third kappa shape index (κ3) is 3.04. The number of halogens is 1. The Balaban J connectivity index is 2.73. The molecule has 0 spiro atoms. The molecule has 0 saturated carbocycles. The number of aryl methyl sites for hydroxylation is 2. The molecule has 1 rings (SSSR count). The highest BCUT2D eigenvalue weighted by Crippen LogP contribution is 2.14. The summed E-state index contributed by atoms with van der Waals surface area (Å²) in [6.07, 6.45) is 1.09. The molecule has 0 aliphatic rings. The summed E-state index contributed by atoms with van der Waals surface area (Å²) in [6.45, 7) is 6.48. The van der Waals surface area contributed by atoms with Crippen molar-refractivity contribution in [3.8, 4) is 0 Å². The molecule has 1 aromatic carbocycles. The Morgan fingerprint density at radius 3 is 2.46 bits per heavy atom.